The number of benzene rings is 1. The summed E-state index contributed by atoms with van der Waals surface area (Å²) in [5, 5.41) is 12.6. The highest BCUT2D eigenvalue weighted by Crippen LogP contribution is 2.31. The molecule has 2 aromatic heterocycles. The number of aryl methyl sites for hydroxylation is 1. The summed E-state index contributed by atoms with van der Waals surface area (Å²) in [6.45, 7) is 1.56. The van der Waals surface area contributed by atoms with E-state index in [0.717, 1.165) is 0 Å². The fourth-order valence-corrected chi connectivity index (χ4v) is 2.30. The molecule has 0 aliphatic carbocycles. The van der Waals surface area contributed by atoms with Gasteiger partial charge in [-0.15, -0.1) is 0 Å². The predicted molar refractivity (Wildman–Crippen MR) is 81.8 cm³/mol. The SMILES string of the molecule is COC(=O)c1c(C)oc(Nc2nc3cc(Cl)ccc3o2)c1C#N. The zero-order valence-electron chi connectivity index (χ0n) is 12.1. The number of carbonyl (C=O) groups is 1. The van der Waals surface area contributed by atoms with Gasteiger partial charge in [-0.2, -0.15) is 10.2 Å². The number of oxazole rings is 1. The van der Waals surface area contributed by atoms with Crippen LogP contribution in [-0.2, 0) is 4.74 Å². The molecule has 0 bridgehead atoms. The summed E-state index contributed by atoms with van der Waals surface area (Å²) >= 11 is 5.90. The molecule has 7 nitrogen and oxygen atoms in total. The lowest BCUT2D eigenvalue weighted by Crippen LogP contribution is -2.04. The molecular weight excluding hydrogens is 322 g/mol. The van der Waals surface area contributed by atoms with Gasteiger partial charge >= 0.3 is 12.0 Å². The molecule has 0 unspecified atom stereocenters. The number of nitrogens with zero attached hydrogens (tertiary/aromatic N) is 2. The van der Waals surface area contributed by atoms with Gasteiger partial charge < -0.3 is 13.6 Å². The maximum atomic E-state index is 11.7. The van der Waals surface area contributed by atoms with Crippen molar-refractivity contribution in [2.45, 2.75) is 6.92 Å². The van der Waals surface area contributed by atoms with Gasteiger partial charge in [-0.1, -0.05) is 11.6 Å². The lowest BCUT2D eigenvalue weighted by molar-refractivity contribution is 0.0598. The van der Waals surface area contributed by atoms with E-state index in [2.05, 4.69) is 15.0 Å². The summed E-state index contributed by atoms with van der Waals surface area (Å²) in [4.78, 5) is 15.9. The topological polar surface area (TPSA) is 101 Å². The molecule has 0 aliphatic rings. The monoisotopic (exact) mass is 331 g/mol. The standard InChI is InChI=1S/C15H10ClN3O4/c1-7-12(14(20)21-2)9(6-17)13(22-7)19-15-18-10-5-8(16)3-4-11(10)23-15/h3-5H,1-2H3,(H,18,19). The summed E-state index contributed by atoms with van der Waals surface area (Å²) in [7, 11) is 1.23. The fraction of sp³-hybridized carbons (Fsp3) is 0.133. The van der Waals surface area contributed by atoms with Gasteiger partial charge in [0.25, 0.3) is 0 Å². The number of rotatable bonds is 3. The van der Waals surface area contributed by atoms with Gasteiger partial charge in [-0.3, -0.25) is 5.32 Å². The Bertz CT molecular complexity index is 952. The molecule has 1 N–H and O–H groups in total. The molecule has 2 heterocycles. The Balaban J connectivity index is 2.02. The Morgan fingerprint density at radius 3 is 2.91 bits per heavy atom. The third kappa shape index (κ3) is 2.60. The number of nitriles is 1. The predicted octanol–water partition coefficient (Wildman–Crippen LogP) is 3.78. The molecule has 0 amide bonds. The van der Waals surface area contributed by atoms with Gasteiger partial charge in [0.15, 0.2) is 5.58 Å². The molecule has 3 aromatic rings. The number of hydrogen-bond donors (Lipinski definition) is 1. The number of esters is 1. The van der Waals surface area contributed by atoms with E-state index in [4.69, 9.17) is 20.4 Å². The molecule has 0 fully saturated rings. The van der Waals surface area contributed by atoms with Crippen LogP contribution in [0.25, 0.3) is 11.1 Å². The first-order valence-electron chi connectivity index (χ1n) is 6.48. The van der Waals surface area contributed by atoms with Gasteiger partial charge in [-0.05, 0) is 25.1 Å². The number of methoxy groups -OCH3 is 1. The zero-order chi connectivity index (χ0) is 16.6. The van der Waals surface area contributed by atoms with Gasteiger partial charge in [0.2, 0.25) is 5.88 Å². The minimum absolute atomic E-state index is 0.0228. The summed E-state index contributed by atoms with van der Waals surface area (Å²) in [5.74, 6) is -0.335. The van der Waals surface area contributed by atoms with Crippen molar-refractivity contribution in [3.8, 4) is 6.07 Å². The molecule has 23 heavy (non-hydrogen) atoms. The maximum Gasteiger partial charge on any atom is 0.342 e. The summed E-state index contributed by atoms with van der Waals surface area (Å²) in [5.41, 5.74) is 1.16. The Morgan fingerprint density at radius 2 is 2.22 bits per heavy atom. The smallest absolute Gasteiger partial charge is 0.342 e. The van der Waals surface area contributed by atoms with Crippen molar-refractivity contribution < 1.29 is 18.4 Å². The molecule has 0 radical (unpaired) electrons. The Labute approximate surface area is 135 Å². The van der Waals surface area contributed by atoms with Gasteiger partial charge in [0.05, 0.1) is 7.11 Å². The van der Waals surface area contributed by atoms with E-state index < -0.39 is 5.97 Å². The molecule has 8 heteroatoms. The first-order chi connectivity index (χ1) is 11.0. The highest BCUT2D eigenvalue weighted by Gasteiger charge is 2.25. The van der Waals surface area contributed by atoms with Crippen LogP contribution in [0.3, 0.4) is 0 Å². The molecule has 0 atom stereocenters. The van der Waals surface area contributed by atoms with Crippen LogP contribution in [-0.4, -0.2) is 18.1 Å². The normalized spacial score (nSPS) is 10.5. The van der Waals surface area contributed by atoms with E-state index in [0.29, 0.717) is 16.1 Å². The Kier molecular flexibility index (Phi) is 3.68. The van der Waals surface area contributed by atoms with E-state index in [1.54, 1.807) is 25.1 Å². The van der Waals surface area contributed by atoms with Crippen LogP contribution in [0.5, 0.6) is 0 Å². The summed E-state index contributed by atoms with van der Waals surface area (Å²) in [6, 6.07) is 7.02. The highest BCUT2D eigenvalue weighted by atomic mass is 35.5. The molecule has 0 saturated carbocycles. The number of ether oxygens (including phenoxy) is 1. The number of aromatic nitrogens is 1. The average Bonchev–Trinajstić information content (AvgIpc) is 3.06. The number of nitrogens with one attached hydrogen (secondary N) is 1. The van der Waals surface area contributed by atoms with E-state index in [9.17, 15) is 10.1 Å². The first-order valence-corrected chi connectivity index (χ1v) is 6.86. The van der Waals surface area contributed by atoms with E-state index >= 15 is 0 Å². The number of halogens is 1. The molecule has 0 spiro atoms. The van der Waals surface area contributed by atoms with Crippen LogP contribution < -0.4 is 5.32 Å². The minimum atomic E-state index is -0.653. The summed E-state index contributed by atoms with van der Waals surface area (Å²) in [6.07, 6.45) is 0. The van der Waals surface area contributed by atoms with Crippen LogP contribution in [0.15, 0.2) is 27.0 Å². The van der Waals surface area contributed by atoms with Crippen molar-refractivity contribution in [1.29, 1.82) is 5.26 Å². The first kappa shape index (κ1) is 14.9. The fourth-order valence-electron chi connectivity index (χ4n) is 2.14. The quantitative estimate of drug-likeness (QED) is 0.728. The second kappa shape index (κ2) is 5.66. The number of anilines is 2. The number of carbonyl (C=O) groups excluding carboxylic acids is 1. The average molecular weight is 332 g/mol. The molecule has 3 rings (SSSR count). The third-order valence-corrected chi connectivity index (χ3v) is 3.39. The molecule has 1 aromatic carbocycles. The lowest BCUT2D eigenvalue weighted by Gasteiger charge is -1.97. The van der Waals surface area contributed by atoms with E-state index in [-0.39, 0.29) is 28.8 Å². The van der Waals surface area contributed by atoms with Crippen LogP contribution in [0.1, 0.15) is 21.7 Å². The molecule has 116 valence electrons. The van der Waals surface area contributed by atoms with Gasteiger partial charge in [0.1, 0.15) is 28.5 Å². The van der Waals surface area contributed by atoms with Crippen LogP contribution in [0, 0.1) is 18.3 Å². The van der Waals surface area contributed by atoms with Crippen molar-refractivity contribution in [3.05, 3.63) is 40.1 Å². The van der Waals surface area contributed by atoms with E-state index in [1.807, 2.05) is 6.07 Å². The van der Waals surface area contributed by atoms with Crippen molar-refractivity contribution in [1.82, 2.24) is 4.98 Å². The highest BCUT2D eigenvalue weighted by molar-refractivity contribution is 6.31. The maximum absolute atomic E-state index is 11.7. The van der Waals surface area contributed by atoms with Crippen molar-refractivity contribution in [3.63, 3.8) is 0 Å². The van der Waals surface area contributed by atoms with Crippen LogP contribution >= 0.6 is 11.6 Å². The van der Waals surface area contributed by atoms with Gasteiger partial charge in [-0.25, -0.2) is 4.79 Å². The van der Waals surface area contributed by atoms with Crippen LogP contribution in [0.2, 0.25) is 5.02 Å². The minimum Gasteiger partial charge on any atom is -0.465 e. The number of fused-ring (bicyclic) bond motifs is 1. The third-order valence-electron chi connectivity index (χ3n) is 3.16. The van der Waals surface area contributed by atoms with Crippen LogP contribution in [0.4, 0.5) is 11.9 Å². The lowest BCUT2D eigenvalue weighted by atomic mass is 10.1. The second-order valence-electron chi connectivity index (χ2n) is 4.60. The molecule has 0 saturated heterocycles. The van der Waals surface area contributed by atoms with Crippen molar-refractivity contribution >= 4 is 40.6 Å². The Morgan fingerprint density at radius 1 is 1.43 bits per heavy atom. The Hall–Kier alpha value is -2.98. The molecular formula is C15H10ClN3O4. The van der Waals surface area contributed by atoms with Crippen molar-refractivity contribution in [2.24, 2.45) is 0 Å². The largest absolute Gasteiger partial charge is 0.465 e. The van der Waals surface area contributed by atoms with Gasteiger partial charge in [0, 0.05) is 5.02 Å². The number of hydrogen-bond acceptors (Lipinski definition) is 7. The second-order valence-corrected chi connectivity index (χ2v) is 5.03. The number of furan rings is 1. The summed E-state index contributed by atoms with van der Waals surface area (Å²) < 4.78 is 15.6. The zero-order valence-corrected chi connectivity index (χ0v) is 12.9. The van der Waals surface area contributed by atoms with Crippen molar-refractivity contribution in [2.75, 3.05) is 12.4 Å². The van der Waals surface area contributed by atoms with E-state index in [1.165, 1.54) is 7.11 Å². The molecule has 0 aliphatic heterocycles.